The van der Waals surface area contributed by atoms with Crippen molar-refractivity contribution in [3.05, 3.63) is 41.4 Å². The molecule has 1 aromatic carbocycles. The van der Waals surface area contributed by atoms with E-state index in [2.05, 4.69) is 41.9 Å². The molecule has 1 heterocycles. The molecular formula is C17H25N3S. The van der Waals surface area contributed by atoms with E-state index in [0.717, 1.165) is 36.6 Å². The highest BCUT2D eigenvalue weighted by atomic mass is 32.1. The van der Waals surface area contributed by atoms with Crippen molar-refractivity contribution in [3.8, 4) is 10.6 Å². The molecule has 0 saturated carbocycles. The summed E-state index contributed by atoms with van der Waals surface area (Å²) >= 11 is 1.71. The molecule has 0 aliphatic heterocycles. The fourth-order valence-corrected chi connectivity index (χ4v) is 3.07. The van der Waals surface area contributed by atoms with Crippen LogP contribution >= 0.6 is 11.3 Å². The van der Waals surface area contributed by atoms with Gasteiger partial charge < -0.3 is 11.1 Å². The molecule has 0 aliphatic carbocycles. The Labute approximate surface area is 131 Å². The zero-order valence-corrected chi connectivity index (χ0v) is 13.5. The molecule has 0 aliphatic rings. The SMILES string of the molecule is CCCCC(N)CNCCc1csc(-c2ccccc2)n1. The molecule has 0 fully saturated rings. The molecule has 1 atom stereocenters. The van der Waals surface area contributed by atoms with Gasteiger partial charge in [0.25, 0.3) is 0 Å². The average molecular weight is 303 g/mol. The lowest BCUT2D eigenvalue weighted by Crippen LogP contribution is -2.34. The van der Waals surface area contributed by atoms with Crippen molar-refractivity contribution in [3.63, 3.8) is 0 Å². The molecule has 0 radical (unpaired) electrons. The highest BCUT2D eigenvalue weighted by Gasteiger charge is 2.05. The van der Waals surface area contributed by atoms with Crippen molar-refractivity contribution < 1.29 is 0 Å². The second-order valence-electron chi connectivity index (χ2n) is 5.37. The molecular weight excluding hydrogens is 278 g/mol. The highest BCUT2D eigenvalue weighted by molar-refractivity contribution is 7.13. The molecule has 0 bridgehead atoms. The molecule has 3 N–H and O–H groups in total. The number of nitrogens with zero attached hydrogens (tertiary/aromatic N) is 1. The molecule has 0 amide bonds. The first-order valence-electron chi connectivity index (χ1n) is 7.75. The molecule has 0 spiro atoms. The standard InChI is InChI=1S/C17H25N3S/c1-2-3-9-15(18)12-19-11-10-16-13-21-17(20-16)14-7-5-4-6-8-14/h4-8,13,15,19H,2-3,9-12,18H2,1H3. The van der Waals surface area contributed by atoms with Crippen molar-refractivity contribution in [2.24, 2.45) is 5.73 Å². The first kappa shape index (κ1) is 16.1. The normalized spacial score (nSPS) is 12.5. The minimum absolute atomic E-state index is 0.278. The van der Waals surface area contributed by atoms with Crippen LogP contribution in [0.2, 0.25) is 0 Å². The van der Waals surface area contributed by atoms with Gasteiger partial charge in [0.05, 0.1) is 5.69 Å². The van der Waals surface area contributed by atoms with Gasteiger partial charge in [-0.25, -0.2) is 4.98 Å². The summed E-state index contributed by atoms with van der Waals surface area (Å²) in [5.74, 6) is 0. The summed E-state index contributed by atoms with van der Waals surface area (Å²) in [5.41, 5.74) is 8.40. The number of rotatable bonds is 9. The van der Waals surface area contributed by atoms with Crippen LogP contribution < -0.4 is 11.1 Å². The lowest BCUT2D eigenvalue weighted by Gasteiger charge is -2.11. The minimum Gasteiger partial charge on any atom is -0.327 e. The van der Waals surface area contributed by atoms with Gasteiger partial charge in [-0.2, -0.15) is 0 Å². The topological polar surface area (TPSA) is 50.9 Å². The van der Waals surface area contributed by atoms with Crippen LogP contribution in [-0.2, 0) is 6.42 Å². The third kappa shape index (κ3) is 5.58. The van der Waals surface area contributed by atoms with Crippen LogP contribution in [-0.4, -0.2) is 24.1 Å². The van der Waals surface area contributed by atoms with Crippen LogP contribution in [0.1, 0.15) is 31.9 Å². The fraction of sp³-hybridized carbons (Fsp3) is 0.471. The monoisotopic (exact) mass is 303 g/mol. The predicted molar refractivity (Wildman–Crippen MR) is 91.6 cm³/mol. The van der Waals surface area contributed by atoms with Gasteiger partial charge in [-0.15, -0.1) is 11.3 Å². The van der Waals surface area contributed by atoms with E-state index in [9.17, 15) is 0 Å². The molecule has 3 nitrogen and oxygen atoms in total. The van der Waals surface area contributed by atoms with Gasteiger partial charge in [0, 0.05) is 36.5 Å². The summed E-state index contributed by atoms with van der Waals surface area (Å²) in [6.45, 7) is 4.04. The van der Waals surface area contributed by atoms with Crippen LogP contribution in [0, 0.1) is 0 Å². The molecule has 21 heavy (non-hydrogen) atoms. The van der Waals surface area contributed by atoms with Crippen molar-refractivity contribution in [1.82, 2.24) is 10.3 Å². The van der Waals surface area contributed by atoms with Gasteiger partial charge in [0.2, 0.25) is 0 Å². The Hall–Kier alpha value is -1.23. The first-order valence-corrected chi connectivity index (χ1v) is 8.63. The third-order valence-corrected chi connectivity index (χ3v) is 4.41. The first-order chi connectivity index (χ1) is 10.3. The number of unbranched alkanes of at least 4 members (excludes halogenated alkanes) is 1. The summed E-state index contributed by atoms with van der Waals surface area (Å²) < 4.78 is 0. The Kier molecular flexibility index (Phi) is 6.86. The van der Waals surface area contributed by atoms with E-state index in [4.69, 9.17) is 10.7 Å². The maximum absolute atomic E-state index is 6.04. The summed E-state index contributed by atoms with van der Waals surface area (Å²) in [6, 6.07) is 10.6. The summed E-state index contributed by atoms with van der Waals surface area (Å²) in [5, 5.41) is 6.69. The van der Waals surface area contributed by atoms with Gasteiger partial charge >= 0.3 is 0 Å². The van der Waals surface area contributed by atoms with Crippen molar-refractivity contribution >= 4 is 11.3 Å². The smallest absolute Gasteiger partial charge is 0.123 e. The van der Waals surface area contributed by atoms with Gasteiger partial charge in [0.1, 0.15) is 5.01 Å². The molecule has 2 aromatic rings. The van der Waals surface area contributed by atoms with Crippen LogP contribution in [0.25, 0.3) is 10.6 Å². The summed E-state index contributed by atoms with van der Waals surface area (Å²) in [6.07, 6.45) is 4.51. The maximum Gasteiger partial charge on any atom is 0.123 e. The summed E-state index contributed by atoms with van der Waals surface area (Å²) in [7, 11) is 0. The number of benzene rings is 1. The molecule has 1 aromatic heterocycles. The maximum atomic E-state index is 6.04. The van der Waals surface area contributed by atoms with E-state index >= 15 is 0 Å². The average Bonchev–Trinajstić information content (AvgIpc) is 2.99. The molecule has 4 heteroatoms. The van der Waals surface area contributed by atoms with Gasteiger partial charge in [0.15, 0.2) is 0 Å². The number of thiazole rings is 1. The molecule has 0 saturated heterocycles. The fourth-order valence-electron chi connectivity index (χ4n) is 2.21. The summed E-state index contributed by atoms with van der Waals surface area (Å²) in [4.78, 5) is 4.69. The van der Waals surface area contributed by atoms with Crippen LogP contribution in [0.4, 0.5) is 0 Å². The number of aromatic nitrogens is 1. The van der Waals surface area contributed by atoms with E-state index in [1.54, 1.807) is 11.3 Å². The lowest BCUT2D eigenvalue weighted by molar-refractivity contribution is 0.525. The Morgan fingerprint density at radius 3 is 2.86 bits per heavy atom. The molecule has 114 valence electrons. The molecule has 1 unspecified atom stereocenters. The number of nitrogens with two attached hydrogens (primary N) is 1. The van der Waals surface area contributed by atoms with E-state index in [1.165, 1.54) is 18.4 Å². The van der Waals surface area contributed by atoms with E-state index in [-0.39, 0.29) is 6.04 Å². The van der Waals surface area contributed by atoms with Crippen molar-refractivity contribution in [1.29, 1.82) is 0 Å². The third-order valence-electron chi connectivity index (χ3n) is 3.47. The quantitative estimate of drug-likeness (QED) is 0.698. The van der Waals surface area contributed by atoms with E-state index in [1.807, 2.05) is 6.07 Å². The van der Waals surface area contributed by atoms with Gasteiger partial charge in [-0.3, -0.25) is 0 Å². The van der Waals surface area contributed by atoms with E-state index in [0.29, 0.717) is 0 Å². The van der Waals surface area contributed by atoms with Gasteiger partial charge in [-0.05, 0) is 6.42 Å². The van der Waals surface area contributed by atoms with Crippen LogP contribution in [0.5, 0.6) is 0 Å². The second-order valence-corrected chi connectivity index (χ2v) is 6.22. The number of nitrogens with one attached hydrogen (secondary N) is 1. The zero-order valence-electron chi connectivity index (χ0n) is 12.7. The highest BCUT2D eigenvalue weighted by Crippen LogP contribution is 2.23. The zero-order chi connectivity index (χ0) is 14.9. The Bertz CT molecular complexity index is 510. The van der Waals surface area contributed by atoms with Crippen molar-refractivity contribution in [2.45, 2.75) is 38.6 Å². The Balaban J connectivity index is 1.71. The second kappa shape index (κ2) is 8.93. The van der Waals surface area contributed by atoms with Crippen molar-refractivity contribution in [2.75, 3.05) is 13.1 Å². The van der Waals surface area contributed by atoms with E-state index < -0.39 is 0 Å². The van der Waals surface area contributed by atoms with Crippen LogP contribution in [0.15, 0.2) is 35.7 Å². The molecule has 2 rings (SSSR count). The minimum atomic E-state index is 0.278. The Morgan fingerprint density at radius 2 is 2.10 bits per heavy atom. The Morgan fingerprint density at radius 1 is 1.29 bits per heavy atom. The number of hydrogen-bond acceptors (Lipinski definition) is 4. The van der Waals surface area contributed by atoms with Gasteiger partial charge in [-0.1, -0.05) is 50.1 Å². The largest absolute Gasteiger partial charge is 0.327 e. The predicted octanol–water partition coefficient (Wildman–Crippen LogP) is 3.46. The number of hydrogen-bond donors (Lipinski definition) is 2. The van der Waals surface area contributed by atoms with Crippen LogP contribution in [0.3, 0.4) is 0 Å². The lowest BCUT2D eigenvalue weighted by atomic mass is 10.1.